The Labute approximate surface area is 160 Å². The molecule has 0 N–H and O–H groups in total. The summed E-state index contributed by atoms with van der Waals surface area (Å²) in [6.07, 6.45) is 5.30. The highest BCUT2D eigenvalue weighted by atomic mass is 32.2. The summed E-state index contributed by atoms with van der Waals surface area (Å²) in [5.74, 6) is 9.41. The van der Waals surface area contributed by atoms with Gasteiger partial charge in [-0.15, -0.1) is 18.2 Å². The average molecular weight is 380 g/mol. The first-order valence-corrected chi connectivity index (χ1v) is 13.0. The number of hydrogen-bond donors (Lipinski definition) is 0. The summed E-state index contributed by atoms with van der Waals surface area (Å²) in [4.78, 5) is 12.0. The Morgan fingerprint density at radius 3 is 2.31 bits per heavy atom. The molecule has 0 atom stereocenters. The highest BCUT2D eigenvalue weighted by molar-refractivity contribution is 7.99. The molecule has 2 rings (SSSR count). The van der Waals surface area contributed by atoms with E-state index < -0.39 is 13.0 Å². The van der Waals surface area contributed by atoms with E-state index in [1.807, 2.05) is 23.9 Å². The van der Waals surface area contributed by atoms with E-state index in [1.165, 1.54) is 17.0 Å². The second-order valence-electron chi connectivity index (χ2n) is 7.07. The normalized spacial score (nSPS) is 10.5. The minimum Gasteiger partial charge on any atom is -0.258 e. The van der Waals surface area contributed by atoms with Gasteiger partial charge >= 0.3 is 0 Å². The Balaban J connectivity index is 2.11. The van der Waals surface area contributed by atoms with Crippen molar-refractivity contribution in [1.82, 2.24) is 0 Å². The van der Waals surface area contributed by atoms with Crippen LogP contribution in [0.4, 0.5) is 5.69 Å². The van der Waals surface area contributed by atoms with Crippen molar-refractivity contribution in [2.75, 3.05) is 5.75 Å². The number of hydrogen-bond acceptors (Lipinski definition) is 3. The van der Waals surface area contributed by atoms with Crippen LogP contribution in [0.25, 0.3) is 0 Å². The van der Waals surface area contributed by atoms with E-state index in [1.54, 1.807) is 12.1 Å². The van der Waals surface area contributed by atoms with Gasteiger partial charge in [0, 0.05) is 30.2 Å². The van der Waals surface area contributed by atoms with Gasteiger partial charge < -0.3 is 0 Å². The molecular formula is C21H21NO2SSi. The number of benzene rings is 2. The van der Waals surface area contributed by atoms with E-state index in [0.29, 0.717) is 11.1 Å². The molecule has 0 saturated heterocycles. The molecule has 2 aromatic rings. The van der Waals surface area contributed by atoms with Crippen LogP contribution in [0.5, 0.6) is 0 Å². The average Bonchev–Trinajstić information content (AvgIpc) is 2.59. The molecule has 0 spiro atoms. The molecular weight excluding hydrogens is 358 g/mol. The van der Waals surface area contributed by atoms with E-state index in [9.17, 15) is 10.1 Å². The van der Waals surface area contributed by atoms with Crippen LogP contribution in [0.15, 0.2) is 47.4 Å². The van der Waals surface area contributed by atoms with Gasteiger partial charge in [-0.25, -0.2) is 0 Å². The molecule has 0 aromatic heterocycles. The summed E-state index contributed by atoms with van der Waals surface area (Å²) in [6, 6.07) is 13.9. The van der Waals surface area contributed by atoms with Crippen molar-refractivity contribution in [3.63, 3.8) is 0 Å². The smallest absolute Gasteiger partial charge is 0.258 e. The second-order valence-corrected chi connectivity index (χ2v) is 13.9. The fraction of sp³-hybridized carbons (Fsp3) is 0.238. The summed E-state index contributed by atoms with van der Waals surface area (Å²) in [6.45, 7) is 7.13. The lowest BCUT2D eigenvalue weighted by Crippen LogP contribution is -2.19. The van der Waals surface area contributed by atoms with E-state index in [0.717, 1.165) is 11.3 Å². The number of rotatable bonds is 5. The van der Waals surface area contributed by atoms with Crippen molar-refractivity contribution < 1.29 is 4.92 Å². The quantitative estimate of drug-likeness (QED) is 0.229. The molecule has 0 bridgehead atoms. The largest absolute Gasteiger partial charge is 0.286 e. The Bertz CT molecular complexity index is 897. The van der Waals surface area contributed by atoms with Gasteiger partial charge in [0.15, 0.2) is 0 Å². The Kier molecular flexibility index (Phi) is 6.68. The van der Waals surface area contributed by atoms with Crippen LogP contribution in [0, 0.1) is 34.3 Å². The van der Waals surface area contributed by atoms with Gasteiger partial charge in [-0.05, 0) is 48.2 Å². The summed E-state index contributed by atoms with van der Waals surface area (Å²) in [7, 11) is -1.00. The van der Waals surface area contributed by atoms with Crippen molar-refractivity contribution in [1.29, 1.82) is 0 Å². The van der Waals surface area contributed by atoms with Crippen molar-refractivity contribution in [3.05, 3.63) is 69.3 Å². The third-order valence-electron chi connectivity index (χ3n) is 3.68. The third-order valence-corrected chi connectivity index (χ3v) is 6.80. The molecule has 0 heterocycles. The fourth-order valence-corrected chi connectivity index (χ4v) is 5.55. The van der Waals surface area contributed by atoms with Gasteiger partial charge in [-0.2, -0.15) is 0 Å². The zero-order valence-corrected chi connectivity index (χ0v) is 17.0. The molecule has 0 amide bonds. The molecule has 0 unspecified atom stereocenters. The molecule has 0 aliphatic rings. The van der Waals surface area contributed by atoms with Crippen LogP contribution in [-0.2, 0) is 0 Å². The van der Waals surface area contributed by atoms with Gasteiger partial charge in [0.05, 0.1) is 4.92 Å². The van der Waals surface area contributed by atoms with Crippen molar-refractivity contribution in [2.24, 2.45) is 0 Å². The van der Waals surface area contributed by atoms with Crippen LogP contribution >= 0.6 is 11.8 Å². The van der Waals surface area contributed by atoms with Gasteiger partial charge in [-0.1, -0.05) is 37.4 Å². The summed E-state index contributed by atoms with van der Waals surface area (Å²) in [5.41, 5.74) is 1.60. The first-order chi connectivity index (χ1) is 12.3. The summed E-state index contributed by atoms with van der Waals surface area (Å²) < 4.78 is 0. The van der Waals surface area contributed by atoms with Gasteiger partial charge in [0.25, 0.3) is 5.69 Å². The number of nitrogens with zero attached hydrogens (tertiary/aromatic N) is 1. The summed E-state index contributed by atoms with van der Waals surface area (Å²) in [5, 5.41) is 11.2. The zero-order chi connectivity index (χ0) is 19.2. The minimum absolute atomic E-state index is 0.0635. The lowest BCUT2D eigenvalue weighted by Gasteiger charge is -2.14. The second kappa shape index (κ2) is 8.76. The molecule has 0 fully saturated rings. The van der Waals surface area contributed by atoms with E-state index in [2.05, 4.69) is 49.5 Å². The predicted molar refractivity (Wildman–Crippen MR) is 112 cm³/mol. The molecule has 132 valence electrons. The molecule has 0 radical (unpaired) electrons. The van der Waals surface area contributed by atoms with Gasteiger partial charge in [-0.3, -0.25) is 10.1 Å². The Hall–Kier alpha value is -2.47. The lowest BCUT2D eigenvalue weighted by molar-refractivity contribution is -0.385. The Morgan fingerprint density at radius 1 is 1.08 bits per heavy atom. The molecule has 3 nitrogen and oxygen atoms in total. The topological polar surface area (TPSA) is 43.1 Å². The van der Waals surface area contributed by atoms with Gasteiger partial charge in [0.1, 0.15) is 5.56 Å². The predicted octanol–water partition coefficient (Wildman–Crippen LogP) is 5.41. The molecule has 0 aliphatic carbocycles. The maximum absolute atomic E-state index is 11.2. The van der Waals surface area contributed by atoms with Gasteiger partial charge in [0.2, 0.25) is 0 Å². The first kappa shape index (κ1) is 19.8. The fourth-order valence-electron chi connectivity index (χ4n) is 2.13. The van der Waals surface area contributed by atoms with E-state index in [4.69, 9.17) is 6.42 Å². The molecule has 2 aromatic carbocycles. The number of thioether (sulfide) groups is 1. The molecule has 26 heavy (non-hydrogen) atoms. The van der Waals surface area contributed by atoms with Crippen LogP contribution < -0.4 is 0 Å². The van der Waals surface area contributed by atoms with Crippen LogP contribution in [-0.4, -0.2) is 18.8 Å². The monoisotopic (exact) mass is 379 g/mol. The van der Waals surface area contributed by atoms with E-state index >= 15 is 0 Å². The highest BCUT2D eigenvalue weighted by Gasteiger charge is 2.13. The maximum Gasteiger partial charge on any atom is 0.286 e. The molecule has 0 aliphatic heterocycles. The highest BCUT2D eigenvalue weighted by Crippen LogP contribution is 2.23. The molecule has 0 saturated carbocycles. The standard InChI is InChI=1S/C21H21NO2SSi/c1-5-17-6-10-19(21(16-17)22(23)24)11-7-18-8-12-20(13-9-18)25-14-15-26(2,3)4/h1,6,8-10,12-13,16H,14-15H2,2-4H3. The van der Waals surface area contributed by atoms with Crippen LogP contribution in [0.3, 0.4) is 0 Å². The van der Waals surface area contributed by atoms with Crippen molar-refractivity contribution in [3.8, 4) is 24.2 Å². The molecule has 5 heteroatoms. The number of terminal acetylenes is 1. The van der Waals surface area contributed by atoms with E-state index in [-0.39, 0.29) is 5.69 Å². The third kappa shape index (κ3) is 6.11. The minimum atomic E-state index is -1.00. The van der Waals surface area contributed by atoms with Crippen molar-refractivity contribution >= 4 is 25.5 Å². The maximum atomic E-state index is 11.2. The first-order valence-electron chi connectivity index (χ1n) is 8.28. The zero-order valence-electron chi connectivity index (χ0n) is 15.2. The van der Waals surface area contributed by atoms with Crippen LogP contribution in [0.2, 0.25) is 25.7 Å². The van der Waals surface area contributed by atoms with Crippen molar-refractivity contribution in [2.45, 2.75) is 30.6 Å². The number of nitro benzene ring substituents is 1. The lowest BCUT2D eigenvalue weighted by atomic mass is 10.1. The number of nitro groups is 1. The van der Waals surface area contributed by atoms with Crippen LogP contribution in [0.1, 0.15) is 16.7 Å². The summed E-state index contributed by atoms with van der Waals surface area (Å²) >= 11 is 1.86. The Morgan fingerprint density at radius 2 is 1.73 bits per heavy atom. The SMILES string of the molecule is C#Cc1ccc(C#Cc2ccc(SCC[Si](C)(C)C)cc2)c([N+](=O)[O-])c1.